The zero-order valence-electron chi connectivity index (χ0n) is 12.3. The lowest BCUT2D eigenvalue weighted by Crippen LogP contribution is -2.28. The van der Waals surface area contributed by atoms with Gasteiger partial charge in [0.2, 0.25) is 0 Å². The Labute approximate surface area is 138 Å². The van der Waals surface area contributed by atoms with Gasteiger partial charge in [0.25, 0.3) is 0 Å². The zero-order chi connectivity index (χ0) is 15.6. The fourth-order valence-corrected chi connectivity index (χ4v) is 3.22. The number of nitrogens with one attached hydrogen (secondary N) is 1. The van der Waals surface area contributed by atoms with Crippen molar-refractivity contribution in [2.75, 3.05) is 0 Å². The van der Waals surface area contributed by atoms with Crippen LogP contribution in [0.3, 0.4) is 0 Å². The van der Waals surface area contributed by atoms with Crippen molar-refractivity contribution >= 4 is 17.3 Å². The summed E-state index contributed by atoms with van der Waals surface area (Å²) >= 11 is 5.55. The lowest BCUT2D eigenvalue weighted by molar-refractivity contribution is 0.251. The highest BCUT2D eigenvalue weighted by atomic mass is 32.1. The van der Waals surface area contributed by atoms with E-state index in [1.807, 2.05) is 42.5 Å². The molecule has 1 aliphatic heterocycles. The topological polar surface area (TPSA) is 54.4 Å². The molecule has 6 heteroatoms. The molecule has 4 heterocycles. The van der Waals surface area contributed by atoms with Crippen LogP contribution >= 0.6 is 12.2 Å². The second-order valence-corrected chi connectivity index (χ2v) is 5.74. The average Bonchev–Trinajstić information content (AvgIpc) is 3.31. The number of nitrogens with zero attached hydrogens (tertiary/aromatic N) is 2. The quantitative estimate of drug-likeness (QED) is 0.742. The predicted molar refractivity (Wildman–Crippen MR) is 88.4 cm³/mol. The maximum absolute atomic E-state index is 5.67. The first-order valence-corrected chi connectivity index (χ1v) is 7.77. The van der Waals surface area contributed by atoms with Gasteiger partial charge in [-0.15, -0.1) is 0 Å². The molecule has 0 aliphatic carbocycles. The summed E-state index contributed by atoms with van der Waals surface area (Å²) in [5.74, 6) is 1.70. The van der Waals surface area contributed by atoms with Gasteiger partial charge in [-0.05, 0) is 48.6 Å². The lowest BCUT2D eigenvalue weighted by Gasteiger charge is -2.25. The minimum absolute atomic E-state index is 0.0650. The second-order valence-electron chi connectivity index (χ2n) is 5.35. The maximum atomic E-state index is 5.67. The summed E-state index contributed by atoms with van der Waals surface area (Å²) in [6.07, 6.45) is 5.13. The molecular weight excluding hydrogens is 310 g/mol. The Morgan fingerprint density at radius 1 is 1.09 bits per heavy atom. The normalized spacial score (nSPS) is 20.7. The van der Waals surface area contributed by atoms with E-state index in [1.54, 1.807) is 18.7 Å². The Bertz CT molecular complexity index is 772. The summed E-state index contributed by atoms with van der Waals surface area (Å²) in [7, 11) is 0. The van der Waals surface area contributed by atoms with Crippen molar-refractivity contribution in [2.24, 2.45) is 0 Å². The Hall–Kier alpha value is -2.60. The van der Waals surface area contributed by atoms with Crippen molar-refractivity contribution in [3.63, 3.8) is 0 Å². The van der Waals surface area contributed by atoms with Gasteiger partial charge in [-0.25, -0.2) is 0 Å². The lowest BCUT2D eigenvalue weighted by atomic mass is 10.0. The van der Waals surface area contributed by atoms with Crippen LogP contribution in [0.4, 0.5) is 0 Å². The number of thiocarbonyl (C=S) groups is 1. The number of pyridine rings is 1. The minimum Gasteiger partial charge on any atom is -0.467 e. The minimum atomic E-state index is -0.0718. The number of aromatic nitrogens is 1. The molecule has 0 unspecified atom stereocenters. The van der Waals surface area contributed by atoms with Gasteiger partial charge in [0.15, 0.2) is 5.11 Å². The van der Waals surface area contributed by atoms with Crippen LogP contribution in [0.5, 0.6) is 0 Å². The molecule has 4 rings (SSSR count). The van der Waals surface area contributed by atoms with Crippen molar-refractivity contribution < 1.29 is 8.83 Å². The summed E-state index contributed by atoms with van der Waals surface area (Å²) < 4.78 is 11.1. The predicted octanol–water partition coefficient (Wildman–Crippen LogP) is 3.44. The summed E-state index contributed by atoms with van der Waals surface area (Å²) in [5, 5.41) is 4.03. The van der Waals surface area contributed by atoms with Crippen LogP contribution in [-0.4, -0.2) is 15.0 Å². The number of hydrogen-bond donors (Lipinski definition) is 1. The van der Waals surface area contributed by atoms with Crippen LogP contribution in [0.25, 0.3) is 0 Å². The van der Waals surface area contributed by atoms with Crippen LogP contribution in [-0.2, 0) is 6.54 Å². The second kappa shape index (κ2) is 5.89. The van der Waals surface area contributed by atoms with Gasteiger partial charge >= 0.3 is 0 Å². The van der Waals surface area contributed by atoms with Crippen LogP contribution in [0.15, 0.2) is 70.0 Å². The van der Waals surface area contributed by atoms with E-state index < -0.39 is 0 Å². The standard InChI is InChI=1S/C17H15N3O2S/c23-17-19-15(13-6-1-2-8-18-13)16(14-7-4-10-22-14)20(17)11-12-5-3-9-21-12/h1-10,15-16H,11H2,(H,19,23)/t15-,16-/m1/s1. The first-order chi connectivity index (χ1) is 11.3. The molecule has 0 bridgehead atoms. The Kier molecular flexibility index (Phi) is 3.59. The summed E-state index contributed by atoms with van der Waals surface area (Å²) in [6, 6.07) is 13.4. The molecule has 5 nitrogen and oxygen atoms in total. The van der Waals surface area contributed by atoms with Crippen molar-refractivity contribution in [3.05, 3.63) is 78.4 Å². The largest absolute Gasteiger partial charge is 0.467 e. The van der Waals surface area contributed by atoms with E-state index in [1.165, 1.54) is 0 Å². The summed E-state index contributed by atoms with van der Waals surface area (Å²) in [6.45, 7) is 0.577. The Morgan fingerprint density at radius 3 is 2.65 bits per heavy atom. The summed E-state index contributed by atoms with van der Waals surface area (Å²) in [5.41, 5.74) is 0.929. The molecule has 116 valence electrons. The monoisotopic (exact) mass is 325 g/mol. The van der Waals surface area contributed by atoms with Crippen LogP contribution in [0.1, 0.15) is 29.3 Å². The first kappa shape index (κ1) is 14.0. The van der Waals surface area contributed by atoms with Gasteiger partial charge in [0.05, 0.1) is 30.8 Å². The number of rotatable bonds is 4. The molecule has 1 fully saturated rings. The third-order valence-corrected chi connectivity index (χ3v) is 4.29. The van der Waals surface area contributed by atoms with Crippen molar-refractivity contribution in [1.82, 2.24) is 15.2 Å². The highest BCUT2D eigenvalue weighted by Crippen LogP contribution is 2.39. The molecule has 2 atom stereocenters. The number of hydrogen-bond acceptors (Lipinski definition) is 4. The SMILES string of the molecule is S=C1N[C@H](c2ccccn2)[C@@H](c2ccco2)N1Cc1ccco1. The van der Waals surface area contributed by atoms with E-state index in [0.717, 1.165) is 17.2 Å². The third kappa shape index (κ3) is 2.61. The van der Waals surface area contributed by atoms with Gasteiger partial charge < -0.3 is 19.1 Å². The maximum Gasteiger partial charge on any atom is 0.170 e. The fourth-order valence-electron chi connectivity index (χ4n) is 2.91. The van der Waals surface area contributed by atoms with Crippen LogP contribution in [0.2, 0.25) is 0 Å². The molecule has 23 heavy (non-hydrogen) atoms. The molecule has 0 saturated carbocycles. The molecule has 1 saturated heterocycles. The molecular formula is C17H15N3O2S. The highest BCUT2D eigenvalue weighted by molar-refractivity contribution is 7.80. The van der Waals surface area contributed by atoms with Crippen molar-refractivity contribution in [1.29, 1.82) is 0 Å². The smallest absolute Gasteiger partial charge is 0.170 e. The van der Waals surface area contributed by atoms with E-state index in [0.29, 0.717) is 11.7 Å². The van der Waals surface area contributed by atoms with Gasteiger partial charge in [0.1, 0.15) is 17.6 Å². The molecule has 3 aromatic rings. The third-order valence-electron chi connectivity index (χ3n) is 3.94. The molecule has 1 aliphatic rings. The van der Waals surface area contributed by atoms with Gasteiger partial charge in [0, 0.05) is 6.20 Å². The van der Waals surface area contributed by atoms with E-state index in [9.17, 15) is 0 Å². The van der Waals surface area contributed by atoms with E-state index in [2.05, 4.69) is 15.2 Å². The highest BCUT2D eigenvalue weighted by Gasteiger charge is 2.41. The molecule has 1 N–H and O–H groups in total. The molecule has 0 amide bonds. The average molecular weight is 325 g/mol. The van der Waals surface area contributed by atoms with Crippen LogP contribution in [0, 0.1) is 0 Å². The zero-order valence-corrected chi connectivity index (χ0v) is 13.1. The fraction of sp³-hybridized carbons (Fsp3) is 0.176. The first-order valence-electron chi connectivity index (χ1n) is 7.37. The summed E-state index contributed by atoms with van der Waals surface area (Å²) in [4.78, 5) is 6.55. The number of furan rings is 2. The Balaban J connectivity index is 1.71. The molecule has 0 spiro atoms. The Morgan fingerprint density at radius 2 is 1.96 bits per heavy atom. The van der Waals surface area contributed by atoms with Gasteiger partial charge in [-0.1, -0.05) is 6.07 Å². The van der Waals surface area contributed by atoms with E-state index in [4.69, 9.17) is 21.1 Å². The van der Waals surface area contributed by atoms with Crippen molar-refractivity contribution in [2.45, 2.75) is 18.6 Å². The molecule has 3 aromatic heterocycles. The molecule has 0 aromatic carbocycles. The van der Waals surface area contributed by atoms with Crippen LogP contribution < -0.4 is 5.32 Å². The van der Waals surface area contributed by atoms with Gasteiger partial charge in [-0.2, -0.15) is 0 Å². The van der Waals surface area contributed by atoms with Gasteiger partial charge in [-0.3, -0.25) is 4.98 Å². The van der Waals surface area contributed by atoms with E-state index >= 15 is 0 Å². The molecule has 0 radical (unpaired) electrons. The van der Waals surface area contributed by atoms with Crippen molar-refractivity contribution in [3.8, 4) is 0 Å². The van der Waals surface area contributed by atoms with E-state index in [-0.39, 0.29) is 12.1 Å².